The molecule has 3 aromatic rings. The Bertz CT molecular complexity index is 1030. The SMILES string of the molecule is CC1CCC(COc2ccccc2C#N)CN1CCN(C)c1noc2ccccc12. The van der Waals surface area contributed by atoms with E-state index in [0.717, 1.165) is 49.3 Å². The lowest BCUT2D eigenvalue weighted by Gasteiger charge is -2.38. The molecule has 1 saturated heterocycles. The maximum Gasteiger partial charge on any atom is 0.179 e. The largest absolute Gasteiger partial charge is 0.492 e. The topological polar surface area (TPSA) is 65.5 Å². The van der Waals surface area contributed by atoms with Gasteiger partial charge in [-0.15, -0.1) is 0 Å². The standard InChI is InChI=1S/C24H28N4O2/c1-18-11-12-19(17-29-22-9-5-3-7-20(22)15-25)16-28(18)14-13-27(2)24-21-8-4-6-10-23(21)30-26-24/h3-10,18-19H,11-14,16-17H2,1-2H3. The van der Waals surface area contributed by atoms with E-state index in [0.29, 0.717) is 29.9 Å². The van der Waals surface area contributed by atoms with E-state index >= 15 is 0 Å². The first kappa shape index (κ1) is 20.2. The highest BCUT2D eigenvalue weighted by Gasteiger charge is 2.26. The monoisotopic (exact) mass is 404 g/mol. The van der Waals surface area contributed by atoms with Gasteiger partial charge in [-0.1, -0.05) is 29.4 Å². The molecule has 2 unspecified atom stereocenters. The van der Waals surface area contributed by atoms with Crippen molar-refractivity contribution in [3.63, 3.8) is 0 Å². The van der Waals surface area contributed by atoms with Gasteiger partial charge in [0.05, 0.1) is 17.6 Å². The zero-order chi connectivity index (χ0) is 20.9. The zero-order valence-electron chi connectivity index (χ0n) is 17.6. The molecule has 0 N–H and O–H groups in total. The molecule has 6 nitrogen and oxygen atoms in total. The summed E-state index contributed by atoms with van der Waals surface area (Å²) in [5, 5.41) is 14.6. The molecule has 0 radical (unpaired) electrons. The predicted molar refractivity (Wildman–Crippen MR) is 118 cm³/mol. The molecule has 1 fully saturated rings. The molecule has 0 aliphatic carbocycles. The van der Waals surface area contributed by atoms with Crippen molar-refractivity contribution in [2.75, 3.05) is 38.2 Å². The van der Waals surface area contributed by atoms with E-state index in [1.165, 1.54) is 0 Å². The van der Waals surface area contributed by atoms with Gasteiger partial charge in [0.15, 0.2) is 11.4 Å². The quantitative estimate of drug-likeness (QED) is 0.584. The highest BCUT2D eigenvalue weighted by molar-refractivity contribution is 5.88. The van der Waals surface area contributed by atoms with Gasteiger partial charge in [0.25, 0.3) is 0 Å². The Balaban J connectivity index is 1.33. The summed E-state index contributed by atoms with van der Waals surface area (Å²) in [5.41, 5.74) is 1.42. The summed E-state index contributed by atoms with van der Waals surface area (Å²) < 4.78 is 11.5. The summed E-state index contributed by atoms with van der Waals surface area (Å²) in [7, 11) is 2.07. The lowest BCUT2D eigenvalue weighted by atomic mass is 9.94. The highest BCUT2D eigenvalue weighted by Crippen LogP contribution is 2.26. The molecule has 0 spiro atoms. The first-order valence-electron chi connectivity index (χ1n) is 10.6. The number of hydrogen-bond acceptors (Lipinski definition) is 6. The molecule has 2 aromatic carbocycles. The first-order valence-corrected chi connectivity index (χ1v) is 10.6. The molecule has 6 heteroatoms. The van der Waals surface area contributed by atoms with Crippen LogP contribution in [0.1, 0.15) is 25.3 Å². The lowest BCUT2D eigenvalue weighted by Crippen LogP contribution is -2.46. The number of likely N-dealkylation sites (N-methyl/N-ethyl adjacent to an activating group) is 1. The number of rotatable bonds is 7. The molecule has 0 amide bonds. The third-order valence-electron chi connectivity index (χ3n) is 6.03. The van der Waals surface area contributed by atoms with Crippen molar-refractivity contribution >= 4 is 16.8 Å². The van der Waals surface area contributed by atoms with Crippen molar-refractivity contribution in [3.8, 4) is 11.8 Å². The van der Waals surface area contributed by atoms with Gasteiger partial charge in [-0.3, -0.25) is 4.90 Å². The number of hydrogen-bond donors (Lipinski definition) is 0. The number of aromatic nitrogens is 1. The van der Waals surface area contributed by atoms with Crippen LogP contribution in [0.15, 0.2) is 53.1 Å². The smallest absolute Gasteiger partial charge is 0.179 e. The predicted octanol–water partition coefficient (Wildman–Crippen LogP) is 4.32. The van der Waals surface area contributed by atoms with Crippen LogP contribution in [0.3, 0.4) is 0 Å². The summed E-state index contributed by atoms with van der Waals surface area (Å²) in [6, 6.07) is 18.2. The second-order valence-corrected chi connectivity index (χ2v) is 8.13. The fourth-order valence-corrected chi connectivity index (χ4v) is 4.13. The molecule has 1 aliphatic rings. The minimum absolute atomic E-state index is 0.464. The van der Waals surface area contributed by atoms with Crippen LogP contribution in [0.4, 0.5) is 5.82 Å². The van der Waals surface area contributed by atoms with Crippen molar-refractivity contribution in [2.45, 2.75) is 25.8 Å². The van der Waals surface area contributed by atoms with Gasteiger partial charge in [0.2, 0.25) is 0 Å². The maximum absolute atomic E-state index is 9.24. The number of benzene rings is 2. The second-order valence-electron chi connectivity index (χ2n) is 8.13. The van der Waals surface area contributed by atoms with Crippen LogP contribution in [-0.2, 0) is 0 Å². The minimum Gasteiger partial charge on any atom is -0.492 e. The molecular weight excluding hydrogens is 376 g/mol. The molecule has 4 rings (SSSR count). The van der Waals surface area contributed by atoms with Gasteiger partial charge in [0.1, 0.15) is 11.8 Å². The van der Waals surface area contributed by atoms with Gasteiger partial charge < -0.3 is 14.2 Å². The molecule has 0 bridgehead atoms. The Hall–Kier alpha value is -3.04. The van der Waals surface area contributed by atoms with E-state index in [2.05, 4.69) is 35.0 Å². The van der Waals surface area contributed by atoms with Crippen LogP contribution >= 0.6 is 0 Å². The van der Waals surface area contributed by atoms with E-state index in [4.69, 9.17) is 9.26 Å². The van der Waals surface area contributed by atoms with E-state index in [1.54, 1.807) is 6.07 Å². The number of anilines is 1. The van der Waals surface area contributed by atoms with Crippen molar-refractivity contribution < 1.29 is 9.26 Å². The second kappa shape index (κ2) is 9.19. The Morgan fingerprint density at radius 1 is 1.20 bits per heavy atom. The van der Waals surface area contributed by atoms with Gasteiger partial charge in [-0.2, -0.15) is 5.26 Å². The Kier molecular flexibility index (Phi) is 6.20. The van der Waals surface area contributed by atoms with Crippen molar-refractivity contribution in [1.82, 2.24) is 10.1 Å². The van der Waals surface area contributed by atoms with Gasteiger partial charge in [0, 0.05) is 38.6 Å². The summed E-state index contributed by atoms with van der Waals surface area (Å²) in [4.78, 5) is 4.70. The number of para-hydroxylation sites is 2. The molecule has 2 atom stereocenters. The maximum atomic E-state index is 9.24. The van der Waals surface area contributed by atoms with E-state index in [9.17, 15) is 5.26 Å². The Morgan fingerprint density at radius 2 is 2.00 bits per heavy atom. The van der Waals surface area contributed by atoms with Crippen LogP contribution in [0.5, 0.6) is 5.75 Å². The van der Waals surface area contributed by atoms with E-state index in [1.807, 2.05) is 42.5 Å². The number of fused-ring (bicyclic) bond motifs is 1. The normalized spacial score (nSPS) is 19.5. The summed E-state index contributed by atoms with van der Waals surface area (Å²) >= 11 is 0. The van der Waals surface area contributed by atoms with Crippen molar-refractivity contribution in [1.29, 1.82) is 5.26 Å². The molecule has 0 saturated carbocycles. The molecule has 156 valence electrons. The number of likely N-dealkylation sites (tertiary alicyclic amines) is 1. The third kappa shape index (κ3) is 4.42. The molecular formula is C24H28N4O2. The first-order chi connectivity index (χ1) is 14.7. The van der Waals surface area contributed by atoms with E-state index in [-0.39, 0.29) is 0 Å². The van der Waals surface area contributed by atoms with Crippen LogP contribution in [0.2, 0.25) is 0 Å². The number of nitriles is 1. The highest BCUT2D eigenvalue weighted by atomic mass is 16.5. The molecule has 1 aromatic heterocycles. The molecule has 30 heavy (non-hydrogen) atoms. The van der Waals surface area contributed by atoms with Crippen molar-refractivity contribution in [2.24, 2.45) is 5.92 Å². The summed E-state index contributed by atoms with van der Waals surface area (Å²) in [6.45, 7) is 5.79. The number of ether oxygens (including phenoxy) is 1. The minimum atomic E-state index is 0.464. The van der Waals surface area contributed by atoms with Gasteiger partial charge >= 0.3 is 0 Å². The van der Waals surface area contributed by atoms with Crippen LogP contribution in [-0.4, -0.2) is 49.4 Å². The van der Waals surface area contributed by atoms with Crippen LogP contribution in [0, 0.1) is 17.2 Å². The Morgan fingerprint density at radius 3 is 2.87 bits per heavy atom. The summed E-state index contributed by atoms with van der Waals surface area (Å²) in [6.07, 6.45) is 2.31. The van der Waals surface area contributed by atoms with Gasteiger partial charge in [-0.05, 0) is 44.0 Å². The zero-order valence-corrected chi connectivity index (χ0v) is 17.6. The average molecular weight is 405 g/mol. The lowest BCUT2D eigenvalue weighted by molar-refractivity contribution is 0.0918. The van der Waals surface area contributed by atoms with Gasteiger partial charge in [-0.25, -0.2) is 0 Å². The van der Waals surface area contributed by atoms with Crippen LogP contribution in [0.25, 0.3) is 11.0 Å². The summed E-state index contributed by atoms with van der Waals surface area (Å²) in [5.74, 6) is 2.04. The van der Waals surface area contributed by atoms with Crippen LogP contribution < -0.4 is 9.64 Å². The number of nitrogens with zero attached hydrogens (tertiary/aromatic N) is 4. The average Bonchev–Trinajstić information content (AvgIpc) is 3.22. The molecule has 2 heterocycles. The fourth-order valence-electron chi connectivity index (χ4n) is 4.13. The third-order valence-corrected chi connectivity index (χ3v) is 6.03. The van der Waals surface area contributed by atoms with Crippen molar-refractivity contribution in [3.05, 3.63) is 54.1 Å². The molecule has 1 aliphatic heterocycles. The Labute approximate surface area is 177 Å². The number of piperidine rings is 1. The fraction of sp³-hybridized carbons (Fsp3) is 0.417. The van der Waals surface area contributed by atoms with E-state index < -0.39 is 0 Å².